The zero-order valence-corrected chi connectivity index (χ0v) is 26.9. The summed E-state index contributed by atoms with van der Waals surface area (Å²) in [5, 5.41) is 33.6. The Kier molecular flexibility index (Phi) is 6.70. The lowest BCUT2D eigenvalue weighted by Gasteiger charge is -2.17. The van der Waals surface area contributed by atoms with Gasteiger partial charge in [0.1, 0.15) is 12.1 Å². The molecule has 2 heterocycles. The smallest absolute Gasteiger partial charge is 0.101 e. The molecule has 6 aromatic carbocycles. The van der Waals surface area contributed by atoms with Crippen molar-refractivity contribution in [2.45, 2.75) is 12.8 Å². The highest BCUT2D eigenvalue weighted by molar-refractivity contribution is 6.10. The van der Waals surface area contributed by atoms with Gasteiger partial charge in [-0.1, -0.05) is 91.0 Å². The molecule has 0 unspecified atom stereocenters. The van der Waals surface area contributed by atoms with Crippen molar-refractivity contribution in [1.82, 2.24) is 9.13 Å². The molecule has 0 spiro atoms. The fourth-order valence-electron chi connectivity index (χ4n) is 7.77. The minimum atomic E-state index is 0.598. The van der Waals surface area contributed by atoms with Crippen LogP contribution in [0, 0.1) is 34.0 Å². The molecule has 2 aromatic heterocycles. The van der Waals surface area contributed by atoms with Gasteiger partial charge in [0, 0.05) is 49.8 Å². The molecule has 9 rings (SSSR count). The van der Waals surface area contributed by atoms with Crippen LogP contribution < -0.4 is 0 Å². The zero-order valence-electron chi connectivity index (χ0n) is 26.9. The summed E-state index contributed by atoms with van der Waals surface area (Å²) in [7, 11) is 0. The summed E-state index contributed by atoms with van der Waals surface area (Å²) in [6.45, 7) is 0. The van der Waals surface area contributed by atoms with E-state index in [2.05, 4.69) is 94.1 Å². The van der Waals surface area contributed by atoms with Crippen molar-refractivity contribution in [2.24, 2.45) is 0 Å². The minimum absolute atomic E-state index is 0.598. The lowest BCUT2D eigenvalue weighted by Crippen LogP contribution is -2.03. The summed E-state index contributed by atoms with van der Waals surface area (Å²) in [6.07, 6.45) is 6.24. The predicted octanol–water partition coefficient (Wildman–Crippen LogP) is 10.6. The van der Waals surface area contributed by atoms with Gasteiger partial charge in [0.05, 0.1) is 45.0 Å². The fourth-order valence-corrected chi connectivity index (χ4v) is 7.77. The number of aromatic nitrogens is 2. The average Bonchev–Trinajstić information content (AvgIpc) is 3.70. The molecule has 0 bridgehead atoms. The van der Waals surface area contributed by atoms with Gasteiger partial charge in [-0.05, 0) is 66.9 Å². The van der Waals surface area contributed by atoms with Gasteiger partial charge in [0.2, 0.25) is 0 Å². The van der Waals surface area contributed by atoms with Crippen molar-refractivity contribution in [3.05, 3.63) is 161 Å². The topological polar surface area (TPSA) is 81.2 Å². The number of benzene rings is 6. The number of allylic oxidation sites excluding steroid dienone is 1. The third-order valence-electron chi connectivity index (χ3n) is 9.93. The molecule has 0 aliphatic heterocycles. The van der Waals surface area contributed by atoms with E-state index in [9.17, 15) is 15.8 Å². The fraction of sp³-hybridized carbons (Fsp3) is 0.0444. The second-order valence-electron chi connectivity index (χ2n) is 12.6. The van der Waals surface area contributed by atoms with E-state index in [1.165, 1.54) is 11.3 Å². The molecule has 0 fully saturated rings. The second kappa shape index (κ2) is 11.5. The number of nitrogens with zero attached hydrogens (tertiary/aromatic N) is 5. The molecule has 232 valence electrons. The van der Waals surface area contributed by atoms with E-state index in [0.717, 1.165) is 79.2 Å². The van der Waals surface area contributed by atoms with Crippen LogP contribution >= 0.6 is 0 Å². The third-order valence-corrected chi connectivity index (χ3v) is 9.93. The number of hydrogen-bond donors (Lipinski definition) is 0. The van der Waals surface area contributed by atoms with Gasteiger partial charge in [-0.2, -0.15) is 15.8 Å². The second-order valence-corrected chi connectivity index (χ2v) is 12.6. The molecule has 0 atom stereocenters. The van der Waals surface area contributed by atoms with Crippen molar-refractivity contribution in [3.8, 4) is 51.8 Å². The minimum Gasteiger partial charge on any atom is -0.312 e. The number of rotatable bonds is 4. The van der Waals surface area contributed by atoms with Crippen molar-refractivity contribution in [3.63, 3.8) is 0 Å². The molecule has 0 N–H and O–H groups in total. The highest BCUT2D eigenvalue weighted by atomic mass is 15.0. The Balaban J connectivity index is 1.20. The molecular formula is C45H27N5. The van der Waals surface area contributed by atoms with E-state index in [0.29, 0.717) is 16.7 Å². The summed E-state index contributed by atoms with van der Waals surface area (Å²) in [5.74, 6) is 0. The van der Waals surface area contributed by atoms with Crippen LogP contribution in [-0.2, 0) is 6.42 Å². The summed E-state index contributed by atoms with van der Waals surface area (Å²) >= 11 is 0. The zero-order chi connectivity index (χ0) is 33.8. The van der Waals surface area contributed by atoms with E-state index >= 15 is 0 Å². The Morgan fingerprint density at radius 1 is 0.560 bits per heavy atom. The number of hydrogen-bond acceptors (Lipinski definition) is 3. The largest absolute Gasteiger partial charge is 0.312 e. The van der Waals surface area contributed by atoms with E-state index in [-0.39, 0.29) is 0 Å². The summed E-state index contributed by atoms with van der Waals surface area (Å²) < 4.78 is 4.47. The maximum absolute atomic E-state index is 10.7. The quantitative estimate of drug-likeness (QED) is 0.193. The molecule has 1 aliphatic carbocycles. The molecular weight excluding hydrogens is 611 g/mol. The van der Waals surface area contributed by atoms with E-state index in [1.807, 2.05) is 72.8 Å². The van der Waals surface area contributed by atoms with Gasteiger partial charge in [0.15, 0.2) is 0 Å². The van der Waals surface area contributed by atoms with Gasteiger partial charge in [-0.15, -0.1) is 0 Å². The maximum atomic E-state index is 10.7. The first kappa shape index (κ1) is 29.0. The number of nitriles is 3. The van der Waals surface area contributed by atoms with E-state index in [1.54, 1.807) is 0 Å². The van der Waals surface area contributed by atoms with Crippen LogP contribution in [0.3, 0.4) is 0 Å². The molecule has 0 saturated heterocycles. The monoisotopic (exact) mass is 637 g/mol. The Labute approximate surface area is 289 Å². The number of para-hydroxylation sites is 3. The summed E-state index contributed by atoms with van der Waals surface area (Å²) in [4.78, 5) is 0. The lowest BCUT2D eigenvalue weighted by atomic mass is 9.91. The predicted molar refractivity (Wildman–Crippen MR) is 200 cm³/mol. The van der Waals surface area contributed by atoms with E-state index < -0.39 is 0 Å². The Morgan fingerprint density at radius 2 is 1.30 bits per heavy atom. The Morgan fingerprint density at radius 3 is 2.14 bits per heavy atom. The number of fused-ring (bicyclic) bond motifs is 6. The van der Waals surface area contributed by atoms with Gasteiger partial charge in [-0.3, -0.25) is 0 Å². The highest BCUT2D eigenvalue weighted by Crippen LogP contribution is 2.40. The first-order chi connectivity index (χ1) is 24.7. The Bertz CT molecular complexity index is 2840. The molecule has 5 heteroatoms. The average molecular weight is 638 g/mol. The first-order valence-corrected chi connectivity index (χ1v) is 16.6. The van der Waals surface area contributed by atoms with Crippen molar-refractivity contribution >= 4 is 38.8 Å². The van der Waals surface area contributed by atoms with Gasteiger partial charge in [-0.25, -0.2) is 0 Å². The van der Waals surface area contributed by atoms with Crippen molar-refractivity contribution in [2.75, 3.05) is 0 Å². The molecule has 0 radical (unpaired) electrons. The van der Waals surface area contributed by atoms with Crippen LogP contribution in [0.25, 0.3) is 72.4 Å². The van der Waals surface area contributed by atoms with Crippen LogP contribution in [0.15, 0.2) is 133 Å². The summed E-state index contributed by atoms with van der Waals surface area (Å²) in [6, 6.07) is 49.8. The Hall–Kier alpha value is -7.13. The van der Waals surface area contributed by atoms with E-state index in [4.69, 9.17) is 0 Å². The van der Waals surface area contributed by atoms with Gasteiger partial charge in [0.25, 0.3) is 0 Å². The van der Waals surface area contributed by atoms with Crippen molar-refractivity contribution in [1.29, 1.82) is 15.8 Å². The molecule has 0 amide bonds. The van der Waals surface area contributed by atoms with Gasteiger partial charge < -0.3 is 9.13 Å². The first-order valence-electron chi connectivity index (χ1n) is 16.6. The highest BCUT2D eigenvalue weighted by Gasteiger charge is 2.22. The van der Waals surface area contributed by atoms with Gasteiger partial charge >= 0.3 is 0 Å². The standard InChI is InChI=1S/C45H27N5/c46-26-29-19-24-44-39(25-29)37-12-3-6-18-43(37)50(44)42-17-5-1-10-35(42)34-14-8-13-33(40(34)28-48)30-20-22-32(23-21-30)49-41-16-4-2-11-36(41)38-15-7-9-31(27-47)45(38)49/h1-3,5-15,17-25H,4,16H2. The maximum Gasteiger partial charge on any atom is 0.101 e. The van der Waals surface area contributed by atoms with Crippen LogP contribution in [0.5, 0.6) is 0 Å². The molecule has 0 saturated carbocycles. The molecule has 1 aliphatic rings. The SMILES string of the molecule is N#Cc1ccc2c(c1)c1ccccc1n2-c1ccccc1-c1cccc(-c2ccc(-n3c4c(c5cccc(C#N)c53)C=CCC4)cc2)c1C#N. The molecule has 8 aromatic rings. The lowest BCUT2D eigenvalue weighted by molar-refractivity contribution is 0.888. The van der Waals surface area contributed by atoms with Crippen LogP contribution in [-0.4, -0.2) is 9.13 Å². The molecule has 5 nitrogen and oxygen atoms in total. The summed E-state index contributed by atoms with van der Waals surface area (Å²) in [5.41, 5.74) is 12.8. The van der Waals surface area contributed by atoms with Crippen LogP contribution in [0.4, 0.5) is 0 Å². The van der Waals surface area contributed by atoms with Crippen LogP contribution in [0.2, 0.25) is 0 Å². The third kappa shape index (κ3) is 4.30. The molecule has 50 heavy (non-hydrogen) atoms. The van der Waals surface area contributed by atoms with Crippen molar-refractivity contribution < 1.29 is 0 Å². The normalized spacial score (nSPS) is 12.1. The van der Waals surface area contributed by atoms with Crippen LogP contribution in [0.1, 0.15) is 34.4 Å².